The lowest BCUT2D eigenvalue weighted by Gasteiger charge is -2.45. The molecule has 20 heavy (non-hydrogen) atoms. The van der Waals surface area contributed by atoms with E-state index < -0.39 is 11.6 Å². The molecule has 0 saturated heterocycles. The highest BCUT2D eigenvalue weighted by Crippen LogP contribution is 2.28. The number of nitrogens with one attached hydrogen (secondary N) is 1. The first-order valence-electron chi connectivity index (χ1n) is 7.19. The van der Waals surface area contributed by atoms with Crippen LogP contribution in [0, 0.1) is 11.6 Å². The Morgan fingerprint density at radius 2 is 1.60 bits per heavy atom. The van der Waals surface area contributed by atoms with Crippen molar-refractivity contribution in [3.63, 3.8) is 0 Å². The lowest BCUT2D eigenvalue weighted by molar-refractivity contribution is 0.0917. The molecule has 1 atom stereocenters. The third kappa shape index (κ3) is 3.55. The van der Waals surface area contributed by atoms with E-state index in [1.807, 2.05) is 7.05 Å². The second kappa shape index (κ2) is 7.14. The van der Waals surface area contributed by atoms with Gasteiger partial charge in [-0.2, -0.15) is 0 Å². The molecule has 1 unspecified atom stereocenters. The summed E-state index contributed by atoms with van der Waals surface area (Å²) in [6, 6.07) is 3.88. The molecule has 1 N–H and O–H groups in total. The van der Waals surface area contributed by atoms with E-state index in [0.717, 1.165) is 18.9 Å². The highest BCUT2D eigenvalue weighted by Gasteiger charge is 2.36. The second-order valence-corrected chi connectivity index (χ2v) is 5.53. The molecule has 0 aliphatic carbocycles. The Morgan fingerprint density at radius 1 is 1.10 bits per heavy atom. The normalized spacial score (nSPS) is 13.8. The molecule has 1 aromatic rings. The molecule has 0 heterocycles. The molecular formula is C16H26F2N2. The zero-order valence-corrected chi connectivity index (χ0v) is 13.1. The highest BCUT2D eigenvalue weighted by atomic mass is 19.1. The van der Waals surface area contributed by atoms with Crippen molar-refractivity contribution in [2.45, 2.75) is 44.7 Å². The van der Waals surface area contributed by atoms with Gasteiger partial charge in [-0.1, -0.05) is 13.8 Å². The Bertz CT molecular complexity index is 408. The Labute approximate surface area is 121 Å². The number of likely N-dealkylation sites (N-methyl/N-ethyl adjacent to an activating group) is 2. The molecule has 1 aromatic carbocycles. The first kappa shape index (κ1) is 17.1. The van der Waals surface area contributed by atoms with E-state index in [1.54, 1.807) is 0 Å². The van der Waals surface area contributed by atoms with Crippen LogP contribution in [0.5, 0.6) is 0 Å². The van der Waals surface area contributed by atoms with Crippen molar-refractivity contribution in [3.05, 3.63) is 35.4 Å². The van der Waals surface area contributed by atoms with Crippen LogP contribution >= 0.6 is 0 Å². The van der Waals surface area contributed by atoms with Crippen LogP contribution in [0.4, 0.5) is 8.78 Å². The van der Waals surface area contributed by atoms with Gasteiger partial charge >= 0.3 is 0 Å². The molecule has 0 aromatic heterocycles. The Balaban J connectivity index is 3.06. The van der Waals surface area contributed by atoms with Crippen LogP contribution < -0.4 is 5.32 Å². The van der Waals surface area contributed by atoms with Gasteiger partial charge in [-0.3, -0.25) is 0 Å². The average Bonchev–Trinajstić information content (AvgIpc) is 2.37. The quantitative estimate of drug-likeness (QED) is 0.827. The van der Waals surface area contributed by atoms with E-state index in [9.17, 15) is 8.78 Å². The van der Waals surface area contributed by atoms with Crippen LogP contribution in [0.15, 0.2) is 18.2 Å². The Kier molecular flexibility index (Phi) is 6.08. The summed E-state index contributed by atoms with van der Waals surface area (Å²) in [5, 5.41) is 3.33. The molecule has 0 aliphatic heterocycles. The topological polar surface area (TPSA) is 15.3 Å². The summed E-state index contributed by atoms with van der Waals surface area (Å²) in [7, 11) is 6.02. The fraction of sp³-hybridized carbons (Fsp3) is 0.625. The molecule has 2 nitrogen and oxygen atoms in total. The third-order valence-corrected chi connectivity index (χ3v) is 4.47. The maximum Gasteiger partial charge on any atom is 0.126 e. The number of rotatable bonds is 7. The number of nitrogens with zero attached hydrogens (tertiary/aromatic N) is 1. The first-order chi connectivity index (χ1) is 9.39. The standard InChI is InChI=1S/C16H26F2N2/c1-6-16(7-2,20(4)5)15(19-3)10-12-8-13(17)11-14(18)9-12/h8-9,11,15,19H,6-7,10H2,1-5H3. The fourth-order valence-electron chi connectivity index (χ4n) is 3.21. The van der Waals surface area contributed by atoms with Gasteiger partial charge in [-0.05, 0) is 58.1 Å². The van der Waals surface area contributed by atoms with Gasteiger partial charge < -0.3 is 10.2 Å². The maximum absolute atomic E-state index is 13.3. The molecule has 114 valence electrons. The predicted octanol–water partition coefficient (Wildman–Crippen LogP) is 3.22. The minimum Gasteiger partial charge on any atom is -0.315 e. The van der Waals surface area contributed by atoms with Crippen molar-refractivity contribution < 1.29 is 8.78 Å². The van der Waals surface area contributed by atoms with Crippen LogP contribution in [-0.2, 0) is 6.42 Å². The number of halogens is 2. The molecule has 4 heteroatoms. The third-order valence-electron chi connectivity index (χ3n) is 4.47. The summed E-state index contributed by atoms with van der Waals surface area (Å²) in [5.41, 5.74) is 0.660. The minimum absolute atomic E-state index is 0.0302. The van der Waals surface area contributed by atoms with E-state index in [2.05, 4.69) is 38.2 Å². The van der Waals surface area contributed by atoms with Crippen molar-refractivity contribution >= 4 is 0 Å². The van der Waals surface area contributed by atoms with Crippen molar-refractivity contribution in [1.29, 1.82) is 0 Å². The van der Waals surface area contributed by atoms with Crippen LogP contribution in [0.1, 0.15) is 32.3 Å². The van der Waals surface area contributed by atoms with Crippen LogP contribution in [0.25, 0.3) is 0 Å². The Morgan fingerprint density at radius 3 is 1.95 bits per heavy atom. The largest absolute Gasteiger partial charge is 0.315 e. The minimum atomic E-state index is -0.515. The van der Waals surface area contributed by atoms with E-state index in [0.29, 0.717) is 12.0 Å². The zero-order chi connectivity index (χ0) is 15.3. The molecule has 0 amide bonds. The predicted molar refractivity (Wildman–Crippen MR) is 79.9 cm³/mol. The van der Waals surface area contributed by atoms with E-state index in [4.69, 9.17) is 0 Å². The SMILES string of the molecule is CCC(CC)(C(Cc1cc(F)cc(F)c1)NC)N(C)C. The van der Waals surface area contributed by atoms with Gasteiger partial charge in [0.25, 0.3) is 0 Å². The first-order valence-corrected chi connectivity index (χ1v) is 7.19. The average molecular weight is 284 g/mol. The number of hydrogen-bond acceptors (Lipinski definition) is 2. The van der Waals surface area contributed by atoms with Crippen molar-refractivity contribution in [3.8, 4) is 0 Å². The van der Waals surface area contributed by atoms with E-state index in [-0.39, 0.29) is 11.6 Å². The van der Waals surface area contributed by atoms with Gasteiger partial charge in [-0.15, -0.1) is 0 Å². The van der Waals surface area contributed by atoms with Crippen LogP contribution in [0.3, 0.4) is 0 Å². The maximum atomic E-state index is 13.3. The van der Waals surface area contributed by atoms with Crippen LogP contribution in [-0.4, -0.2) is 37.6 Å². The summed E-state index contributed by atoms with van der Waals surface area (Å²) >= 11 is 0. The van der Waals surface area contributed by atoms with Gasteiger partial charge in [0.05, 0.1) is 0 Å². The second-order valence-electron chi connectivity index (χ2n) is 5.53. The van der Waals surface area contributed by atoms with E-state index >= 15 is 0 Å². The number of hydrogen-bond donors (Lipinski definition) is 1. The fourth-order valence-corrected chi connectivity index (χ4v) is 3.21. The molecule has 0 saturated carbocycles. The molecule has 0 spiro atoms. The molecule has 0 bridgehead atoms. The zero-order valence-electron chi connectivity index (χ0n) is 13.1. The lowest BCUT2D eigenvalue weighted by Crippen LogP contribution is -2.58. The van der Waals surface area contributed by atoms with Gasteiger partial charge in [0.15, 0.2) is 0 Å². The summed E-state index contributed by atoms with van der Waals surface area (Å²) in [4.78, 5) is 2.21. The van der Waals surface area contributed by atoms with Crippen molar-refractivity contribution in [1.82, 2.24) is 10.2 Å². The summed E-state index contributed by atoms with van der Waals surface area (Å²) in [6.45, 7) is 4.31. The summed E-state index contributed by atoms with van der Waals surface area (Å²) in [6.07, 6.45) is 2.55. The smallest absolute Gasteiger partial charge is 0.126 e. The monoisotopic (exact) mass is 284 g/mol. The number of benzene rings is 1. The van der Waals surface area contributed by atoms with Crippen molar-refractivity contribution in [2.24, 2.45) is 0 Å². The van der Waals surface area contributed by atoms with Gasteiger partial charge in [0, 0.05) is 17.6 Å². The lowest BCUT2D eigenvalue weighted by atomic mass is 9.80. The van der Waals surface area contributed by atoms with Crippen molar-refractivity contribution in [2.75, 3.05) is 21.1 Å². The van der Waals surface area contributed by atoms with Crippen LogP contribution in [0.2, 0.25) is 0 Å². The Hall–Kier alpha value is -1.00. The highest BCUT2D eigenvalue weighted by molar-refractivity contribution is 5.20. The summed E-state index contributed by atoms with van der Waals surface area (Å²) in [5.74, 6) is -1.03. The van der Waals surface area contributed by atoms with Gasteiger partial charge in [-0.25, -0.2) is 8.78 Å². The molecule has 0 aliphatic rings. The molecular weight excluding hydrogens is 258 g/mol. The van der Waals surface area contributed by atoms with E-state index in [1.165, 1.54) is 12.1 Å². The summed E-state index contributed by atoms with van der Waals surface area (Å²) < 4.78 is 26.7. The molecule has 0 fully saturated rings. The molecule has 0 radical (unpaired) electrons. The molecule has 1 rings (SSSR count). The van der Waals surface area contributed by atoms with Gasteiger partial charge in [0.2, 0.25) is 0 Å². The van der Waals surface area contributed by atoms with Gasteiger partial charge in [0.1, 0.15) is 11.6 Å².